The summed E-state index contributed by atoms with van der Waals surface area (Å²) in [6.07, 6.45) is 0. The molecule has 0 aliphatic heterocycles. The number of aromatic nitrogens is 3. The fourth-order valence-corrected chi connectivity index (χ4v) is 3.22. The molecule has 0 aliphatic rings. The van der Waals surface area contributed by atoms with Crippen LogP contribution >= 0.6 is 11.8 Å². The van der Waals surface area contributed by atoms with Crippen molar-refractivity contribution in [2.45, 2.75) is 24.4 Å². The zero-order valence-electron chi connectivity index (χ0n) is 12.8. The molecule has 23 heavy (non-hydrogen) atoms. The summed E-state index contributed by atoms with van der Waals surface area (Å²) in [7, 11) is 0. The molecule has 114 valence electrons. The van der Waals surface area contributed by atoms with E-state index in [0.717, 1.165) is 28.8 Å². The van der Waals surface area contributed by atoms with Crippen molar-refractivity contribution in [3.63, 3.8) is 0 Å². The summed E-state index contributed by atoms with van der Waals surface area (Å²) in [6.45, 7) is 2.73. The van der Waals surface area contributed by atoms with Crippen LogP contribution in [0.4, 0.5) is 0 Å². The SMILES string of the molecule is Cc1nnc(SCc2cccc(C#N)c2)n1Cc1ccccc1. The third kappa shape index (κ3) is 3.79. The molecule has 0 unspecified atom stereocenters. The first-order chi connectivity index (χ1) is 11.3. The van der Waals surface area contributed by atoms with Gasteiger partial charge in [0.2, 0.25) is 0 Å². The number of hydrogen-bond donors (Lipinski definition) is 0. The van der Waals surface area contributed by atoms with E-state index < -0.39 is 0 Å². The number of benzene rings is 2. The lowest BCUT2D eigenvalue weighted by molar-refractivity contribution is 0.688. The summed E-state index contributed by atoms with van der Waals surface area (Å²) in [5, 5.41) is 18.4. The van der Waals surface area contributed by atoms with E-state index in [-0.39, 0.29) is 0 Å². The van der Waals surface area contributed by atoms with E-state index in [1.165, 1.54) is 5.56 Å². The van der Waals surface area contributed by atoms with Gasteiger partial charge in [0.05, 0.1) is 18.2 Å². The summed E-state index contributed by atoms with van der Waals surface area (Å²) >= 11 is 1.64. The van der Waals surface area contributed by atoms with Crippen LogP contribution in [0.15, 0.2) is 59.8 Å². The Morgan fingerprint density at radius 3 is 2.61 bits per heavy atom. The van der Waals surface area contributed by atoms with E-state index in [9.17, 15) is 0 Å². The highest BCUT2D eigenvalue weighted by molar-refractivity contribution is 7.98. The number of hydrogen-bond acceptors (Lipinski definition) is 4. The van der Waals surface area contributed by atoms with E-state index in [1.54, 1.807) is 11.8 Å². The number of nitriles is 1. The summed E-state index contributed by atoms with van der Waals surface area (Å²) in [5.41, 5.74) is 3.02. The van der Waals surface area contributed by atoms with Crippen LogP contribution in [0.3, 0.4) is 0 Å². The lowest BCUT2D eigenvalue weighted by Crippen LogP contribution is -2.03. The van der Waals surface area contributed by atoms with Gasteiger partial charge in [-0.05, 0) is 30.2 Å². The largest absolute Gasteiger partial charge is 0.302 e. The topological polar surface area (TPSA) is 54.5 Å². The molecule has 0 atom stereocenters. The second-order valence-corrected chi connectivity index (χ2v) is 6.14. The molecule has 2 aromatic carbocycles. The monoisotopic (exact) mass is 320 g/mol. The van der Waals surface area contributed by atoms with Crippen LogP contribution in [0.1, 0.15) is 22.5 Å². The van der Waals surface area contributed by atoms with Crippen molar-refractivity contribution in [3.8, 4) is 6.07 Å². The van der Waals surface area contributed by atoms with Gasteiger partial charge in [0.15, 0.2) is 5.16 Å². The molecule has 0 fully saturated rings. The third-order valence-electron chi connectivity index (χ3n) is 3.51. The summed E-state index contributed by atoms with van der Waals surface area (Å²) in [4.78, 5) is 0. The second-order valence-electron chi connectivity index (χ2n) is 5.20. The summed E-state index contributed by atoms with van der Waals surface area (Å²) < 4.78 is 2.12. The van der Waals surface area contributed by atoms with Crippen LogP contribution in [0.25, 0.3) is 0 Å². The fourth-order valence-electron chi connectivity index (χ4n) is 2.29. The Balaban J connectivity index is 1.75. The Bertz CT molecular complexity index is 834. The van der Waals surface area contributed by atoms with E-state index in [4.69, 9.17) is 5.26 Å². The molecular formula is C18H16N4S. The molecule has 0 N–H and O–H groups in total. The van der Waals surface area contributed by atoms with Crippen LogP contribution in [-0.2, 0) is 12.3 Å². The van der Waals surface area contributed by atoms with Gasteiger partial charge in [-0.25, -0.2) is 0 Å². The maximum Gasteiger partial charge on any atom is 0.191 e. The number of nitrogens with zero attached hydrogens (tertiary/aromatic N) is 4. The van der Waals surface area contributed by atoms with Gasteiger partial charge in [-0.1, -0.05) is 54.2 Å². The Labute approximate surface area is 139 Å². The number of aryl methyl sites for hydroxylation is 1. The molecule has 0 radical (unpaired) electrons. The summed E-state index contributed by atoms with van der Waals surface area (Å²) in [5.74, 6) is 1.67. The van der Waals surface area contributed by atoms with Crippen LogP contribution in [0, 0.1) is 18.3 Å². The highest BCUT2D eigenvalue weighted by Crippen LogP contribution is 2.23. The molecule has 4 nitrogen and oxygen atoms in total. The standard InChI is InChI=1S/C18H16N4S/c1-14-20-21-18(22(14)12-15-6-3-2-4-7-15)23-13-17-9-5-8-16(10-17)11-19/h2-10H,12-13H2,1H3. The number of rotatable bonds is 5. The average molecular weight is 320 g/mol. The Kier molecular flexibility index (Phi) is 4.74. The molecule has 1 aromatic heterocycles. The minimum Gasteiger partial charge on any atom is -0.302 e. The molecule has 3 rings (SSSR count). The quantitative estimate of drug-likeness (QED) is 0.671. The minimum absolute atomic E-state index is 0.685. The molecule has 3 aromatic rings. The van der Waals surface area contributed by atoms with Gasteiger partial charge in [-0.3, -0.25) is 0 Å². The second kappa shape index (κ2) is 7.12. The molecule has 1 heterocycles. The fraction of sp³-hybridized carbons (Fsp3) is 0.167. The molecule has 0 bridgehead atoms. The lowest BCUT2D eigenvalue weighted by Gasteiger charge is -2.08. The maximum atomic E-state index is 8.98. The van der Waals surface area contributed by atoms with E-state index in [1.807, 2.05) is 49.4 Å². The highest BCUT2D eigenvalue weighted by atomic mass is 32.2. The van der Waals surface area contributed by atoms with Gasteiger partial charge in [0, 0.05) is 5.75 Å². The first kappa shape index (κ1) is 15.3. The van der Waals surface area contributed by atoms with E-state index in [2.05, 4.69) is 33.0 Å². The third-order valence-corrected chi connectivity index (χ3v) is 4.55. The first-order valence-corrected chi connectivity index (χ1v) is 8.30. The van der Waals surface area contributed by atoms with Gasteiger partial charge < -0.3 is 4.57 Å². The van der Waals surface area contributed by atoms with Gasteiger partial charge in [0.1, 0.15) is 5.82 Å². The van der Waals surface area contributed by atoms with E-state index >= 15 is 0 Å². The predicted molar refractivity (Wildman–Crippen MR) is 91.0 cm³/mol. The molecular weight excluding hydrogens is 304 g/mol. The van der Waals surface area contributed by atoms with Crippen molar-refractivity contribution in [1.82, 2.24) is 14.8 Å². The van der Waals surface area contributed by atoms with Gasteiger partial charge in [0.25, 0.3) is 0 Å². The molecule has 0 amide bonds. The first-order valence-electron chi connectivity index (χ1n) is 7.32. The molecule has 5 heteroatoms. The van der Waals surface area contributed by atoms with Crippen molar-refractivity contribution >= 4 is 11.8 Å². The molecule has 0 spiro atoms. The summed E-state index contributed by atoms with van der Waals surface area (Å²) in [6, 6.07) is 20.1. The van der Waals surface area contributed by atoms with Crippen molar-refractivity contribution < 1.29 is 0 Å². The van der Waals surface area contributed by atoms with Crippen LogP contribution < -0.4 is 0 Å². The Hall–Kier alpha value is -2.58. The van der Waals surface area contributed by atoms with Crippen LogP contribution in [-0.4, -0.2) is 14.8 Å². The molecule has 0 aliphatic carbocycles. The molecule has 0 saturated carbocycles. The van der Waals surface area contributed by atoms with Gasteiger partial charge >= 0.3 is 0 Å². The highest BCUT2D eigenvalue weighted by Gasteiger charge is 2.10. The van der Waals surface area contributed by atoms with Crippen molar-refractivity contribution in [2.24, 2.45) is 0 Å². The van der Waals surface area contributed by atoms with Crippen LogP contribution in [0.2, 0.25) is 0 Å². The Morgan fingerprint density at radius 1 is 1.04 bits per heavy atom. The van der Waals surface area contributed by atoms with Gasteiger partial charge in [-0.15, -0.1) is 10.2 Å². The van der Waals surface area contributed by atoms with Crippen molar-refractivity contribution in [3.05, 3.63) is 77.1 Å². The van der Waals surface area contributed by atoms with Crippen molar-refractivity contribution in [1.29, 1.82) is 5.26 Å². The lowest BCUT2D eigenvalue weighted by atomic mass is 10.2. The maximum absolute atomic E-state index is 8.98. The number of thioether (sulfide) groups is 1. The zero-order chi connectivity index (χ0) is 16.1. The van der Waals surface area contributed by atoms with Crippen LogP contribution in [0.5, 0.6) is 0 Å². The Morgan fingerprint density at radius 2 is 1.83 bits per heavy atom. The average Bonchev–Trinajstić information content (AvgIpc) is 2.94. The normalized spacial score (nSPS) is 10.4. The predicted octanol–water partition coefficient (Wildman–Crippen LogP) is 3.80. The van der Waals surface area contributed by atoms with E-state index in [0.29, 0.717) is 5.56 Å². The minimum atomic E-state index is 0.685. The zero-order valence-corrected chi connectivity index (χ0v) is 13.6. The van der Waals surface area contributed by atoms with Crippen molar-refractivity contribution in [2.75, 3.05) is 0 Å². The molecule has 0 saturated heterocycles. The smallest absolute Gasteiger partial charge is 0.191 e. The van der Waals surface area contributed by atoms with Gasteiger partial charge in [-0.2, -0.15) is 5.26 Å².